The van der Waals surface area contributed by atoms with E-state index in [4.69, 9.17) is 9.47 Å². The molecule has 0 rings (SSSR count). The van der Waals surface area contributed by atoms with E-state index in [9.17, 15) is 9.59 Å². The molecule has 0 aliphatic rings. The highest BCUT2D eigenvalue weighted by atomic mass is 16.5. The second-order valence-corrected chi connectivity index (χ2v) is 3.40. The number of Topliss-reactive ketones (excluding diaryl/α,β-unsaturated/α-hetero) is 1. The van der Waals surface area contributed by atoms with E-state index < -0.39 is 5.97 Å². The lowest BCUT2D eigenvalue weighted by atomic mass is 10.3. The number of ketones is 1. The maximum atomic E-state index is 11.0. The molecule has 0 spiro atoms. The van der Waals surface area contributed by atoms with E-state index in [1.165, 1.54) is 6.92 Å². The van der Waals surface area contributed by atoms with Crippen molar-refractivity contribution in [1.29, 1.82) is 0 Å². The summed E-state index contributed by atoms with van der Waals surface area (Å²) in [6.45, 7) is 3.77. The van der Waals surface area contributed by atoms with Crippen molar-refractivity contribution >= 4 is 11.8 Å². The Hall–Kier alpha value is -0.940. The molecule has 0 heterocycles. The van der Waals surface area contributed by atoms with Crippen molar-refractivity contribution in [2.24, 2.45) is 0 Å². The number of hydrogen-bond acceptors (Lipinski definition) is 5. The van der Waals surface area contributed by atoms with E-state index in [-0.39, 0.29) is 12.2 Å². The van der Waals surface area contributed by atoms with Crippen molar-refractivity contribution in [3.05, 3.63) is 0 Å². The Morgan fingerprint density at radius 2 is 1.80 bits per heavy atom. The second kappa shape index (κ2) is 8.38. The minimum absolute atomic E-state index is 0.137. The lowest BCUT2D eigenvalue weighted by Crippen LogP contribution is -2.27. The number of likely N-dealkylation sites (N-methyl/N-ethyl adjacent to an activating group) is 1. The highest BCUT2D eigenvalue weighted by molar-refractivity contribution is 5.94. The maximum absolute atomic E-state index is 11.0. The zero-order valence-corrected chi connectivity index (χ0v) is 9.62. The Balaban J connectivity index is 3.43. The van der Waals surface area contributed by atoms with Gasteiger partial charge in [0.15, 0.2) is 0 Å². The zero-order chi connectivity index (χ0) is 11.7. The Morgan fingerprint density at radius 1 is 1.20 bits per heavy atom. The normalized spacial score (nSPS) is 10.4. The molecule has 88 valence electrons. The fraction of sp³-hybridized carbons (Fsp3) is 0.800. The van der Waals surface area contributed by atoms with Gasteiger partial charge in [-0.05, 0) is 14.0 Å². The van der Waals surface area contributed by atoms with Crippen LogP contribution in [-0.4, -0.2) is 57.1 Å². The Bertz CT molecular complexity index is 206. The third-order valence-corrected chi connectivity index (χ3v) is 1.81. The molecule has 0 bridgehead atoms. The number of rotatable bonds is 8. The number of hydrogen-bond donors (Lipinski definition) is 0. The molecule has 0 aliphatic heterocycles. The van der Waals surface area contributed by atoms with Gasteiger partial charge in [-0.3, -0.25) is 9.59 Å². The molecule has 0 N–H and O–H groups in total. The van der Waals surface area contributed by atoms with Crippen LogP contribution in [0, 0.1) is 0 Å². The van der Waals surface area contributed by atoms with E-state index in [2.05, 4.69) is 0 Å². The number of methoxy groups -OCH3 is 1. The summed E-state index contributed by atoms with van der Waals surface area (Å²) in [5, 5.41) is 0. The largest absolute Gasteiger partial charge is 0.464 e. The molecule has 0 aliphatic carbocycles. The molecule has 0 unspecified atom stereocenters. The average molecular weight is 217 g/mol. The van der Waals surface area contributed by atoms with Crippen LogP contribution >= 0.6 is 0 Å². The predicted molar refractivity (Wildman–Crippen MR) is 55.6 cm³/mol. The third kappa shape index (κ3) is 9.37. The Kier molecular flexibility index (Phi) is 7.85. The van der Waals surface area contributed by atoms with Crippen molar-refractivity contribution in [2.75, 3.05) is 40.5 Å². The van der Waals surface area contributed by atoms with Crippen LogP contribution < -0.4 is 0 Å². The van der Waals surface area contributed by atoms with Gasteiger partial charge in [-0.1, -0.05) is 0 Å². The molecule has 0 amide bonds. The summed E-state index contributed by atoms with van der Waals surface area (Å²) in [5.41, 5.74) is 0. The zero-order valence-electron chi connectivity index (χ0n) is 9.62. The van der Waals surface area contributed by atoms with Crippen LogP contribution in [0.3, 0.4) is 0 Å². The first-order valence-electron chi connectivity index (χ1n) is 4.88. The van der Waals surface area contributed by atoms with Gasteiger partial charge in [-0.2, -0.15) is 0 Å². The number of carbonyl (C=O) groups is 2. The van der Waals surface area contributed by atoms with Crippen LogP contribution in [0.4, 0.5) is 0 Å². The summed E-state index contributed by atoms with van der Waals surface area (Å²) in [6, 6.07) is 0. The van der Waals surface area contributed by atoms with Crippen molar-refractivity contribution in [3.8, 4) is 0 Å². The van der Waals surface area contributed by atoms with Crippen LogP contribution in [0.25, 0.3) is 0 Å². The highest BCUT2D eigenvalue weighted by Crippen LogP contribution is 1.89. The summed E-state index contributed by atoms with van der Waals surface area (Å²) in [5.74, 6) is -0.629. The molecular formula is C10H19NO4. The molecule has 5 heteroatoms. The molecule has 0 saturated carbocycles. The summed E-state index contributed by atoms with van der Waals surface area (Å²) in [4.78, 5) is 23.5. The lowest BCUT2D eigenvalue weighted by molar-refractivity contribution is -0.146. The smallest absolute Gasteiger partial charge is 0.313 e. The topological polar surface area (TPSA) is 55.8 Å². The van der Waals surface area contributed by atoms with E-state index >= 15 is 0 Å². The molecular weight excluding hydrogens is 198 g/mol. The average Bonchev–Trinajstić information content (AvgIpc) is 2.13. The fourth-order valence-corrected chi connectivity index (χ4v) is 0.929. The first-order valence-corrected chi connectivity index (χ1v) is 4.88. The van der Waals surface area contributed by atoms with Gasteiger partial charge in [0.05, 0.1) is 6.61 Å². The number of carbonyl (C=O) groups excluding carboxylic acids is 2. The molecule has 0 atom stereocenters. The van der Waals surface area contributed by atoms with Gasteiger partial charge in [0.1, 0.15) is 18.8 Å². The lowest BCUT2D eigenvalue weighted by Gasteiger charge is -2.15. The third-order valence-electron chi connectivity index (χ3n) is 1.81. The van der Waals surface area contributed by atoms with Crippen LogP contribution in [0.2, 0.25) is 0 Å². The Labute approximate surface area is 90.3 Å². The Morgan fingerprint density at radius 3 is 2.33 bits per heavy atom. The van der Waals surface area contributed by atoms with Crippen molar-refractivity contribution < 1.29 is 19.1 Å². The van der Waals surface area contributed by atoms with Gasteiger partial charge in [-0.15, -0.1) is 0 Å². The molecule has 0 saturated heterocycles. The van der Waals surface area contributed by atoms with Gasteiger partial charge >= 0.3 is 5.97 Å². The van der Waals surface area contributed by atoms with E-state index in [0.29, 0.717) is 19.8 Å². The van der Waals surface area contributed by atoms with Crippen LogP contribution in [0.15, 0.2) is 0 Å². The summed E-state index contributed by atoms with van der Waals surface area (Å²) < 4.78 is 9.76. The van der Waals surface area contributed by atoms with Gasteiger partial charge in [-0.25, -0.2) is 0 Å². The molecule has 0 aromatic rings. The summed E-state index contributed by atoms with van der Waals surface area (Å²) in [7, 11) is 3.55. The standard InChI is InChI=1S/C10H19NO4/c1-9(12)8-10(13)15-7-5-11(2)4-6-14-3/h4-8H2,1-3H3. The minimum atomic E-state index is -0.456. The van der Waals surface area contributed by atoms with Gasteiger partial charge in [0.2, 0.25) is 0 Å². The van der Waals surface area contributed by atoms with Crippen molar-refractivity contribution in [3.63, 3.8) is 0 Å². The second-order valence-electron chi connectivity index (χ2n) is 3.40. The van der Waals surface area contributed by atoms with E-state index in [1.54, 1.807) is 7.11 Å². The monoisotopic (exact) mass is 217 g/mol. The number of ether oxygens (including phenoxy) is 2. The SMILES string of the molecule is COCCN(C)CCOC(=O)CC(C)=O. The molecule has 5 nitrogen and oxygen atoms in total. The highest BCUT2D eigenvalue weighted by Gasteiger charge is 2.06. The predicted octanol–water partition coefficient (Wildman–Crippen LogP) is 0.0869. The van der Waals surface area contributed by atoms with Crippen molar-refractivity contribution in [1.82, 2.24) is 4.90 Å². The molecule has 0 fully saturated rings. The molecule has 0 aromatic carbocycles. The minimum Gasteiger partial charge on any atom is -0.464 e. The first-order chi connectivity index (χ1) is 7.06. The fourth-order valence-electron chi connectivity index (χ4n) is 0.929. The summed E-state index contributed by atoms with van der Waals surface area (Å²) >= 11 is 0. The number of nitrogens with zero attached hydrogens (tertiary/aromatic N) is 1. The van der Waals surface area contributed by atoms with Crippen LogP contribution in [-0.2, 0) is 19.1 Å². The maximum Gasteiger partial charge on any atom is 0.313 e. The van der Waals surface area contributed by atoms with E-state index in [0.717, 1.165) is 6.54 Å². The molecule has 0 aromatic heterocycles. The first kappa shape index (κ1) is 14.1. The quantitative estimate of drug-likeness (QED) is 0.426. The van der Waals surface area contributed by atoms with Gasteiger partial charge in [0, 0.05) is 20.2 Å². The molecule has 15 heavy (non-hydrogen) atoms. The van der Waals surface area contributed by atoms with Crippen LogP contribution in [0.5, 0.6) is 0 Å². The van der Waals surface area contributed by atoms with Crippen LogP contribution in [0.1, 0.15) is 13.3 Å². The van der Waals surface area contributed by atoms with Crippen molar-refractivity contribution in [2.45, 2.75) is 13.3 Å². The number of esters is 1. The van der Waals surface area contributed by atoms with Gasteiger partial charge < -0.3 is 14.4 Å². The summed E-state index contributed by atoms with van der Waals surface area (Å²) in [6.07, 6.45) is -0.137. The van der Waals surface area contributed by atoms with E-state index in [1.807, 2.05) is 11.9 Å². The van der Waals surface area contributed by atoms with Gasteiger partial charge in [0.25, 0.3) is 0 Å². The molecule has 0 radical (unpaired) electrons.